The number of nitrogens with zero attached hydrogens (tertiary/aromatic N) is 3. The second kappa shape index (κ2) is 9.37. The average molecular weight is 404 g/mol. The van der Waals surface area contributed by atoms with Gasteiger partial charge in [0.25, 0.3) is 0 Å². The Kier molecular flexibility index (Phi) is 6.88. The van der Waals surface area contributed by atoms with Crippen molar-refractivity contribution in [3.8, 4) is 0 Å². The molecule has 0 saturated heterocycles. The van der Waals surface area contributed by atoms with E-state index in [0.717, 1.165) is 31.2 Å². The summed E-state index contributed by atoms with van der Waals surface area (Å²) in [5.74, 6) is -0.482. The first-order valence-electron chi connectivity index (χ1n) is 10.0. The molecule has 1 heterocycles. The summed E-state index contributed by atoms with van der Waals surface area (Å²) in [4.78, 5) is 18.7. The summed E-state index contributed by atoms with van der Waals surface area (Å²) in [5.41, 5.74) is 1.07. The van der Waals surface area contributed by atoms with Gasteiger partial charge in [0, 0.05) is 31.5 Å². The van der Waals surface area contributed by atoms with Crippen LogP contribution in [0.5, 0.6) is 0 Å². The highest BCUT2D eigenvalue weighted by atomic mass is 32.2. The lowest BCUT2D eigenvalue weighted by Crippen LogP contribution is -2.44. The van der Waals surface area contributed by atoms with Crippen molar-refractivity contribution in [2.75, 3.05) is 12.3 Å². The monoisotopic (exact) mass is 403 g/mol. The standard InChI is InChI=1S/C21H29N3O3S/c1-2-24(19-11-7-4-8-12-19)21(25)17-28(26,27)16-20-22-13-14-23(20)15-18-9-5-3-6-10-18/h3,5-6,9-10,13-14,19H,2,4,7-8,11-12,15-17H2,1H3. The van der Waals surface area contributed by atoms with E-state index < -0.39 is 15.6 Å². The van der Waals surface area contributed by atoms with Crippen molar-refractivity contribution >= 4 is 15.7 Å². The Labute approximate surface area is 167 Å². The third kappa shape index (κ3) is 5.44. The summed E-state index contributed by atoms with van der Waals surface area (Å²) >= 11 is 0. The zero-order chi connectivity index (χ0) is 20.0. The van der Waals surface area contributed by atoms with E-state index in [1.54, 1.807) is 17.3 Å². The number of carbonyl (C=O) groups excluding carboxylic acids is 1. The Hall–Kier alpha value is -2.15. The van der Waals surface area contributed by atoms with E-state index in [4.69, 9.17) is 0 Å². The molecule has 7 heteroatoms. The van der Waals surface area contributed by atoms with E-state index in [2.05, 4.69) is 4.98 Å². The molecule has 0 atom stereocenters. The maximum Gasteiger partial charge on any atom is 0.238 e. The molecule has 3 rings (SSSR count). The number of carbonyl (C=O) groups is 1. The Morgan fingerprint density at radius 1 is 1.18 bits per heavy atom. The fourth-order valence-electron chi connectivity index (χ4n) is 3.95. The minimum Gasteiger partial charge on any atom is -0.339 e. The predicted octanol–water partition coefficient (Wildman–Crippen LogP) is 3.03. The minimum absolute atomic E-state index is 0.182. The minimum atomic E-state index is -3.59. The van der Waals surface area contributed by atoms with E-state index in [9.17, 15) is 13.2 Å². The van der Waals surface area contributed by atoms with E-state index in [-0.39, 0.29) is 17.7 Å². The zero-order valence-corrected chi connectivity index (χ0v) is 17.3. The summed E-state index contributed by atoms with van der Waals surface area (Å²) < 4.78 is 27.3. The fourth-order valence-corrected chi connectivity index (χ4v) is 5.23. The summed E-state index contributed by atoms with van der Waals surface area (Å²) in [5, 5.41) is 0. The maximum absolute atomic E-state index is 12.7. The topological polar surface area (TPSA) is 72.3 Å². The number of amides is 1. The van der Waals surface area contributed by atoms with Crippen LogP contribution in [-0.2, 0) is 26.9 Å². The van der Waals surface area contributed by atoms with Crippen molar-refractivity contribution in [3.63, 3.8) is 0 Å². The number of hydrogen-bond acceptors (Lipinski definition) is 4. The highest BCUT2D eigenvalue weighted by molar-refractivity contribution is 7.91. The molecule has 1 aliphatic rings. The van der Waals surface area contributed by atoms with Crippen LogP contribution in [0.2, 0.25) is 0 Å². The molecule has 1 aromatic carbocycles. The van der Waals surface area contributed by atoms with Gasteiger partial charge in [-0.05, 0) is 25.3 Å². The molecular formula is C21H29N3O3S. The van der Waals surface area contributed by atoms with Gasteiger partial charge in [0.1, 0.15) is 17.3 Å². The molecule has 0 bridgehead atoms. The van der Waals surface area contributed by atoms with Gasteiger partial charge in [-0.25, -0.2) is 13.4 Å². The van der Waals surface area contributed by atoms with Gasteiger partial charge in [-0.1, -0.05) is 49.6 Å². The van der Waals surface area contributed by atoms with Crippen LogP contribution in [0.15, 0.2) is 42.7 Å². The van der Waals surface area contributed by atoms with E-state index in [1.807, 2.05) is 41.8 Å². The molecule has 1 saturated carbocycles. The van der Waals surface area contributed by atoms with Crippen molar-refractivity contribution in [1.82, 2.24) is 14.5 Å². The first-order chi connectivity index (χ1) is 13.5. The predicted molar refractivity (Wildman–Crippen MR) is 110 cm³/mol. The smallest absolute Gasteiger partial charge is 0.238 e. The second-order valence-corrected chi connectivity index (χ2v) is 9.53. The number of imidazole rings is 1. The quantitative estimate of drug-likeness (QED) is 0.679. The van der Waals surface area contributed by atoms with Gasteiger partial charge in [0.15, 0.2) is 9.84 Å². The van der Waals surface area contributed by atoms with Crippen molar-refractivity contribution < 1.29 is 13.2 Å². The first-order valence-corrected chi connectivity index (χ1v) is 11.8. The molecule has 1 aliphatic carbocycles. The molecule has 0 spiro atoms. The van der Waals surface area contributed by atoms with Crippen molar-refractivity contribution in [1.29, 1.82) is 0 Å². The molecule has 0 radical (unpaired) electrons. The van der Waals surface area contributed by atoms with E-state index in [1.165, 1.54) is 6.42 Å². The summed E-state index contributed by atoms with van der Waals surface area (Å²) in [6.45, 7) is 3.04. The van der Waals surface area contributed by atoms with Gasteiger partial charge < -0.3 is 9.47 Å². The molecule has 1 fully saturated rings. The van der Waals surface area contributed by atoms with Crippen LogP contribution in [0.25, 0.3) is 0 Å². The number of benzene rings is 1. The van der Waals surface area contributed by atoms with Gasteiger partial charge in [-0.15, -0.1) is 0 Å². The highest BCUT2D eigenvalue weighted by Crippen LogP contribution is 2.23. The lowest BCUT2D eigenvalue weighted by Gasteiger charge is -2.33. The first kappa shape index (κ1) is 20.6. The summed E-state index contributed by atoms with van der Waals surface area (Å²) in [6, 6.07) is 10.0. The van der Waals surface area contributed by atoms with Gasteiger partial charge in [-0.2, -0.15) is 0 Å². The summed E-state index contributed by atoms with van der Waals surface area (Å²) in [7, 11) is -3.59. The Morgan fingerprint density at radius 3 is 2.57 bits per heavy atom. The Balaban J connectivity index is 1.65. The molecule has 28 heavy (non-hydrogen) atoms. The lowest BCUT2D eigenvalue weighted by atomic mass is 9.94. The fraction of sp³-hybridized carbons (Fsp3) is 0.524. The molecule has 152 valence electrons. The SMILES string of the molecule is CCN(C(=O)CS(=O)(=O)Cc1nccn1Cc1ccccc1)C1CCCCC1. The zero-order valence-electron chi connectivity index (χ0n) is 16.5. The molecule has 6 nitrogen and oxygen atoms in total. The van der Waals surface area contributed by atoms with Crippen molar-refractivity contribution in [3.05, 3.63) is 54.1 Å². The largest absolute Gasteiger partial charge is 0.339 e. The van der Waals surface area contributed by atoms with E-state index in [0.29, 0.717) is 18.9 Å². The summed E-state index contributed by atoms with van der Waals surface area (Å²) in [6.07, 6.45) is 8.75. The third-order valence-corrected chi connectivity index (χ3v) is 6.75. The number of rotatable bonds is 8. The molecule has 1 aromatic heterocycles. The number of aromatic nitrogens is 2. The van der Waals surface area contributed by atoms with Crippen molar-refractivity contribution in [2.45, 2.75) is 57.4 Å². The molecule has 2 aromatic rings. The van der Waals surface area contributed by atoms with E-state index >= 15 is 0 Å². The highest BCUT2D eigenvalue weighted by Gasteiger charge is 2.28. The number of hydrogen-bond donors (Lipinski definition) is 0. The molecule has 1 amide bonds. The number of sulfone groups is 1. The second-order valence-electron chi connectivity index (χ2n) is 7.46. The molecular weight excluding hydrogens is 374 g/mol. The van der Waals surface area contributed by atoms with Crippen LogP contribution in [0.1, 0.15) is 50.4 Å². The van der Waals surface area contributed by atoms with Gasteiger partial charge in [0.05, 0.1) is 0 Å². The Bertz CT molecular complexity index is 871. The van der Waals surface area contributed by atoms with Crippen molar-refractivity contribution in [2.24, 2.45) is 0 Å². The van der Waals surface area contributed by atoms with Gasteiger partial charge >= 0.3 is 0 Å². The van der Waals surface area contributed by atoms with Crippen LogP contribution in [-0.4, -0.2) is 47.1 Å². The normalized spacial score (nSPS) is 15.5. The molecule has 0 N–H and O–H groups in total. The van der Waals surface area contributed by atoms with Crippen LogP contribution < -0.4 is 0 Å². The van der Waals surface area contributed by atoms with Crippen LogP contribution in [0.3, 0.4) is 0 Å². The maximum atomic E-state index is 12.7. The average Bonchev–Trinajstić information content (AvgIpc) is 3.09. The molecule has 0 unspecified atom stereocenters. The van der Waals surface area contributed by atoms with Crippen LogP contribution in [0, 0.1) is 0 Å². The van der Waals surface area contributed by atoms with Crippen LogP contribution >= 0.6 is 0 Å². The Morgan fingerprint density at radius 2 is 1.89 bits per heavy atom. The van der Waals surface area contributed by atoms with Gasteiger partial charge in [-0.3, -0.25) is 4.79 Å². The van der Waals surface area contributed by atoms with Gasteiger partial charge in [0.2, 0.25) is 5.91 Å². The third-order valence-electron chi connectivity index (χ3n) is 5.37. The lowest BCUT2D eigenvalue weighted by molar-refractivity contribution is -0.131. The van der Waals surface area contributed by atoms with Crippen LogP contribution in [0.4, 0.5) is 0 Å². The molecule has 0 aliphatic heterocycles.